The Kier molecular flexibility index (Phi) is 2.72. The van der Waals surface area contributed by atoms with Gasteiger partial charge in [0.25, 0.3) is 5.91 Å². The van der Waals surface area contributed by atoms with Crippen LogP contribution in [0.2, 0.25) is 0 Å². The minimum Gasteiger partial charge on any atom is -0.365 e. The fourth-order valence-electron chi connectivity index (χ4n) is 1.52. The zero-order valence-electron chi connectivity index (χ0n) is 9.24. The van der Waals surface area contributed by atoms with Crippen LogP contribution in [0.15, 0.2) is 30.6 Å². The molecule has 16 heavy (non-hydrogen) atoms. The van der Waals surface area contributed by atoms with E-state index in [-0.39, 0.29) is 5.91 Å². The van der Waals surface area contributed by atoms with Gasteiger partial charge < -0.3 is 10.3 Å². The molecule has 2 N–H and O–H groups in total. The second kappa shape index (κ2) is 4.18. The van der Waals surface area contributed by atoms with Crippen LogP contribution in [0.25, 0.3) is 0 Å². The van der Waals surface area contributed by atoms with Crippen LogP contribution < -0.4 is 5.32 Å². The Morgan fingerprint density at radius 1 is 1.38 bits per heavy atom. The lowest BCUT2D eigenvalue weighted by atomic mass is 10.2. The fraction of sp³-hybridized carbons (Fsp3) is 0.167. The van der Waals surface area contributed by atoms with Crippen LogP contribution in [0.1, 0.15) is 21.7 Å². The Morgan fingerprint density at radius 3 is 2.81 bits per heavy atom. The van der Waals surface area contributed by atoms with Gasteiger partial charge in [0.05, 0.1) is 5.56 Å². The first-order valence-electron chi connectivity index (χ1n) is 5.05. The number of hydrogen-bond acceptors (Lipinski definition) is 2. The summed E-state index contributed by atoms with van der Waals surface area (Å²) in [4.78, 5) is 18.9. The van der Waals surface area contributed by atoms with E-state index in [9.17, 15) is 4.79 Å². The van der Waals surface area contributed by atoms with Gasteiger partial charge >= 0.3 is 0 Å². The molecular weight excluding hydrogens is 202 g/mol. The van der Waals surface area contributed by atoms with E-state index in [0.29, 0.717) is 5.56 Å². The van der Waals surface area contributed by atoms with Gasteiger partial charge in [0.15, 0.2) is 0 Å². The van der Waals surface area contributed by atoms with Crippen molar-refractivity contribution in [3.05, 3.63) is 47.5 Å². The molecule has 0 atom stereocenters. The average molecular weight is 215 g/mol. The molecule has 4 nitrogen and oxygen atoms in total. The normalized spacial score (nSPS) is 10.1. The van der Waals surface area contributed by atoms with Crippen LogP contribution in [0.4, 0.5) is 5.69 Å². The molecule has 2 rings (SSSR count). The molecular formula is C12H13N3O. The van der Waals surface area contributed by atoms with Crippen LogP contribution in [0.5, 0.6) is 0 Å². The highest BCUT2D eigenvalue weighted by atomic mass is 16.1. The number of nitrogens with zero attached hydrogens (tertiary/aromatic N) is 1. The number of pyridine rings is 1. The number of aromatic nitrogens is 2. The highest BCUT2D eigenvalue weighted by Crippen LogP contribution is 2.11. The van der Waals surface area contributed by atoms with E-state index in [1.807, 2.05) is 19.9 Å². The van der Waals surface area contributed by atoms with Gasteiger partial charge in [0, 0.05) is 29.5 Å². The number of nitrogens with one attached hydrogen (secondary N) is 2. The Labute approximate surface area is 93.7 Å². The van der Waals surface area contributed by atoms with Crippen LogP contribution in [0.3, 0.4) is 0 Å². The van der Waals surface area contributed by atoms with Crippen LogP contribution in [-0.4, -0.2) is 15.9 Å². The van der Waals surface area contributed by atoms with Crippen molar-refractivity contribution in [2.75, 3.05) is 5.32 Å². The number of rotatable bonds is 2. The van der Waals surface area contributed by atoms with Crippen LogP contribution >= 0.6 is 0 Å². The smallest absolute Gasteiger partial charge is 0.257 e. The largest absolute Gasteiger partial charge is 0.365 e. The summed E-state index contributed by atoms with van der Waals surface area (Å²) in [5.41, 5.74) is 3.17. The van der Waals surface area contributed by atoms with Crippen molar-refractivity contribution in [2.45, 2.75) is 13.8 Å². The molecule has 0 bridgehead atoms. The van der Waals surface area contributed by atoms with E-state index in [0.717, 1.165) is 17.1 Å². The zero-order valence-corrected chi connectivity index (χ0v) is 9.24. The predicted molar refractivity (Wildman–Crippen MR) is 62.5 cm³/mol. The number of carbonyl (C=O) groups is 1. The number of amides is 1. The molecule has 1 amide bonds. The maximum absolute atomic E-state index is 11.9. The second-order valence-corrected chi connectivity index (χ2v) is 3.66. The third-order valence-corrected chi connectivity index (χ3v) is 2.35. The van der Waals surface area contributed by atoms with Crippen molar-refractivity contribution >= 4 is 11.6 Å². The third-order valence-electron chi connectivity index (χ3n) is 2.35. The van der Waals surface area contributed by atoms with Crippen LogP contribution in [-0.2, 0) is 0 Å². The minimum absolute atomic E-state index is 0.107. The summed E-state index contributed by atoms with van der Waals surface area (Å²) in [6.07, 6.45) is 3.43. The summed E-state index contributed by atoms with van der Waals surface area (Å²) >= 11 is 0. The summed E-state index contributed by atoms with van der Waals surface area (Å²) in [7, 11) is 0. The topological polar surface area (TPSA) is 57.8 Å². The van der Waals surface area contributed by atoms with E-state index in [4.69, 9.17) is 0 Å². The molecule has 0 aliphatic carbocycles. The Balaban J connectivity index is 2.17. The highest BCUT2D eigenvalue weighted by Gasteiger charge is 2.09. The second-order valence-electron chi connectivity index (χ2n) is 3.66. The summed E-state index contributed by atoms with van der Waals surface area (Å²) < 4.78 is 0. The predicted octanol–water partition coefficient (Wildman–Crippen LogP) is 2.28. The summed E-state index contributed by atoms with van der Waals surface area (Å²) in [5, 5.41) is 2.83. The van der Waals surface area contributed by atoms with Gasteiger partial charge in [-0.05, 0) is 32.0 Å². The maximum Gasteiger partial charge on any atom is 0.257 e. The summed E-state index contributed by atoms with van der Waals surface area (Å²) in [5.74, 6) is -0.107. The standard InChI is InChI=1S/C12H13N3O/c1-8-7-10(3-5-13-8)15-12(16)11-4-6-14-9(11)2/h3-7,14H,1-2H3,(H,13,15,16). The number of carbonyl (C=O) groups excluding carboxylic acids is 1. The molecule has 0 spiro atoms. The van der Waals surface area contributed by atoms with Gasteiger partial charge in [-0.15, -0.1) is 0 Å². The Morgan fingerprint density at radius 2 is 2.19 bits per heavy atom. The van der Waals surface area contributed by atoms with Crippen molar-refractivity contribution in [3.8, 4) is 0 Å². The van der Waals surface area contributed by atoms with Crippen molar-refractivity contribution in [1.82, 2.24) is 9.97 Å². The lowest BCUT2D eigenvalue weighted by Gasteiger charge is -2.04. The monoisotopic (exact) mass is 215 g/mol. The number of anilines is 1. The van der Waals surface area contributed by atoms with Gasteiger partial charge in [-0.2, -0.15) is 0 Å². The van der Waals surface area contributed by atoms with Gasteiger partial charge in [-0.25, -0.2) is 0 Å². The quantitative estimate of drug-likeness (QED) is 0.807. The lowest BCUT2D eigenvalue weighted by molar-refractivity contribution is 0.102. The van der Waals surface area contributed by atoms with E-state index >= 15 is 0 Å². The average Bonchev–Trinajstić information content (AvgIpc) is 2.64. The van der Waals surface area contributed by atoms with Gasteiger partial charge in [0.1, 0.15) is 0 Å². The van der Waals surface area contributed by atoms with E-state index in [1.165, 1.54) is 0 Å². The summed E-state index contributed by atoms with van der Waals surface area (Å²) in [6.45, 7) is 3.75. The zero-order chi connectivity index (χ0) is 11.5. The maximum atomic E-state index is 11.9. The number of aromatic amines is 1. The number of aryl methyl sites for hydroxylation is 2. The Hall–Kier alpha value is -2.10. The molecule has 0 aromatic carbocycles. The van der Waals surface area contributed by atoms with Crippen LogP contribution in [0, 0.1) is 13.8 Å². The molecule has 0 unspecified atom stereocenters. The van der Waals surface area contributed by atoms with Crippen molar-refractivity contribution in [2.24, 2.45) is 0 Å². The number of hydrogen-bond donors (Lipinski definition) is 2. The first-order valence-corrected chi connectivity index (χ1v) is 5.05. The molecule has 0 saturated heterocycles. The molecule has 82 valence electrons. The molecule has 0 aliphatic rings. The molecule has 0 fully saturated rings. The van der Waals surface area contributed by atoms with E-state index in [1.54, 1.807) is 24.5 Å². The van der Waals surface area contributed by atoms with Crippen molar-refractivity contribution in [3.63, 3.8) is 0 Å². The summed E-state index contributed by atoms with van der Waals surface area (Å²) in [6, 6.07) is 5.37. The molecule has 2 aromatic rings. The molecule has 4 heteroatoms. The molecule has 2 aromatic heterocycles. The molecule has 0 aliphatic heterocycles. The fourth-order valence-corrected chi connectivity index (χ4v) is 1.52. The minimum atomic E-state index is -0.107. The first kappa shape index (κ1) is 10.4. The van der Waals surface area contributed by atoms with Gasteiger partial charge in [-0.3, -0.25) is 9.78 Å². The molecule has 2 heterocycles. The highest BCUT2D eigenvalue weighted by molar-refractivity contribution is 6.05. The molecule has 0 radical (unpaired) electrons. The van der Waals surface area contributed by atoms with Gasteiger partial charge in [0.2, 0.25) is 0 Å². The third kappa shape index (κ3) is 2.11. The van der Waals surface area contributed by atoms with E-state index in [2.05, 4.69) is 15.3 Å². The van der Waals surface area contributed by atoms with Crippen molar-refractivity contribution < 1.29 is 4.79 Å². The van der Waals surface area contributed by atoms with E-state index < -0.39 is 0 Å². The number of H-pyrrole nitrogens is 1. The Bertz CT molecular complexity index is 516. The van der Waals surface area contributed by atoms with Crippen molar-refractivity contribution in [1.29, 1.82) is 0 Å². The van der Waals surface area contributed by atoms with Gasteiger partial charge in [-0.1, -0.05) is 0 Å². The SMILES string of the molecule is Cc1cc(NC(=O)c2cc[nH]c2C)ccn1. The molecule has 0 saturated carbocycles. The lowest BCUT2D eigenvalue weighted by Crippen LogP contribution is -2.12. The first-order chi connectivity index (χ1) is 7.66.